The van der Waals surface area contributed by atoms with E-state index in [0.29, 0.717) is 0 Å². The van der Waals surface area contributed by atoms with Gasteiger partial charge in [0.1, 0.15) is 17.2 Å². The van der Waals surface area contributed by atoms with Gasteiger partial charge < -0.3 is 19.8 Å². The lowest BCUT2D eigenvalue weighted by molar-refractivity contribution is -0.123. The van der Waals surface area contributed by atoms with Crippen LogP contribution in [0.25, 0.3) is 10.9 Å². The van der Waals surface area contributed by atoms with Crippen molar-refractivity contribution >= 4 is 35.0 Å². The van der Waals surface area contributed by atoms with E-state index in [-0.39, 0.29) is 24.3 Å². The summed E-state index contributed by atoms with van der Waals surface area (Å²) in [5, 5.41) is 9.07. The second kappa shape index (κ2) is 12.3. The summed E-state index contributed by atoms with van der Waals surface area (Å²) in [4.78, 5) is 46.4. The van der Waals surface area contributed by atoms with E-state index in [1.165, 1.54) is 0 Å². The maximum Gasteiger partial charge on any atom is 0.414 e. The normalized spacial score (nSPS) is 15.3. The standard InChI is InChI=1S/C28H41N5O5/c1-27(2,3)37-25(35)32-24(33-26(36)38-28(4,5)6)31-22(23(34)30-19-12-8-7-9-13-19)16-18-17-29-21-15-11-10-14-20(18)21/h10-11,14-15,17,19,22,29H,7-9,12-13,16H2,1-6H3,(H,30,34)(H2,31,32,33,35,36)/t22-/m0/s1. The number of hydrogen-bond acceptors (Lipinski definition) is 6. The molecule has 3 amide bonds. The predicted molar refractivity (Wildman–Crippen MR) is 147 cm³/mol. The molecule has 0 bridgehead atoms. The smallest absolute Gasteiger partial charge is 0.414 e. The summed E-state index contributed by atoms with van der Waals surface area (Å²) < 4.78 is 10.7. The molecule has 0 saturated heterocycles. The Morgan fingerprint density at radius 2 is 1.53 bits per heavy atom. The van der Waals surface area contributed by atoms with Crippen LogP contribution in [0.5, 0.6) is 0 Å². The van der Waals surface area contributed by atoms with Crippen molar-refractivity contribution < 1.29 is 23.9 Å². The number of alkyl carbamates (subject to hydrolysis) is 2. The van der Waals surface area contributed by atoms with Crippen molar-refractivity contribution in [3.8, 4) is 0 Å². The molecule has 208 valence electrons. The van der Waals surface area contributed by atoms with Gasteiger partial charge in [0, 0.05) is 29.6 Å². The number of ether oxygens (including phenoxy) is 2. The van der Waals surface area contributed by atoms with Gasteiger partial charge in [-0.25, -0.2) is 14.6 Å². The Labute approximate surface area is 224 Å². The topological polar surface area (TPSA) is 134 Å². The third-order valence-corrected chi connectivity index (χ3v) is 5.87. The van der Waals surface area contributed by atoms with Gasteiger partial charge in [0.2, 0.25) is 11.9 Å². The van der Waals surface area contributed by atoms with Crippen molar-refractivity contribution in [2.45, 2.75) is 103 Å². The molecule has 0 unspecified atom stereocenters. The van der Waals surface area contributed by atoms with Crippen LogP contribution in [0.2, 0.25) is 0 Å². The number of amides is 3. The van der Waals surface area contributed by atoms with Crippen LogP contribution >= 0.6 is 0 Å². The number of hydrogen-bond donors (Lipinski definition) is 4. The maximum absolute atomic E-state index is 13.5. The quantitative estimate of drug-likeness (QED) is 0.323. The number of carbonyl (C=O) groups excluding carboxylic acids is 3. The number of guanidine groups is 1. The Kier molecular flexibility index (Phi) is 9.40. The van der Waals surface area contributed by atoms with Gasteiger partial charge in [-0.05, 0) is 66.0 Å². The van der Waals surface area contributed by atoms with E-state index < -0.39 is 29.4 Å². The lowest BCUT2D eigenvalue weighted by atomic mass is 9.95. The zero-order chi connectivity index (χ0) is 27.9. The Balaban J connectivity index is 1.92. The van der Waals surface area contributed by atoms with Gasteiger partial charge in [-0.1, -0.05) is 37.5 Å². The van der Waals surface area contributed by atoms with E-state index in [9.17, 15) is 14.4 Å². The molecule has 1 saturated carbocycles. The largest absolute Gasteiger partial charge is 0.444 e. The molecule has 1 aromatic carbocycles. The first-order valence-electron chi connectivity index (χ1n) is 13.2. The summed E-state index contributed by atoms with van der Waals surface area (Å²) in [7, 11) is 0. The molecule has 3 rings (SSSR count). The summed E-state index contributed by atoms with van der Waals surface area (Å²) in [5.74, 6) is -0.506. The molecule has 1 fully saturated rings. The molecule has 1 aromatic heterocycles. The third kappa shape index (κ3) is 9.39. The number of nitrogens with zero attached hydrogens (tertiary/aromatic N) is 1. The molecule has 1 atom stereocenters. The number of fused-ring (bicyclic) bond motifs is 1. The highest BCUT2D eigenvalue weighted by Crippen LogP contribution is 2.21. The van der Waals surface area contributed by atoms with Crippen LogP contribution in [0.4, 0.5) is 9.59 Å². The molecular formula is C28H41N5O5. The van der Waals surface area contributed by atoms with Crippen molar-refractivity contribution in [1.82, 2.24) is 20.9 Å². The number of aromatic nitrogens is 1. The van der Waals surface area contributed by atoms with Crippen molar-refractivity contribution in [2.75, 3.05) is 0 Å². The monoisotopic (exact) mass is 527 g/mol. The molecule has 2 aromatic rings. The Morgan fingerprint density at radius 3 is 2.11 bits per heavy atom. The first-order valence-corrected chi connectivity index (χ1v) is 13.2. The van der Waals surface area contributed by atoms with E-state index in [1.807, 2.05) is 30.5 Å². The van der Waals surface area contributed by atoms with E-state index in [2.05, 4.69) is 25.9 Å². The van der Waals surface area contributed by atoms with Gasteiger partial charge in [0.15, 0.2) is 0 Å². The summed E-state index contributed by atoms with van der Waals surface area (Å²) >= 11 is 0. The van der Waals surface area contributed by atoms with Crippen molar-refractivity contribution in [3.05, 3.63) is 36.0 Å². The number of aromatic amines is 1. The van der Waals surface area contributed by atoms with Crippen molar-refractivity contribution in [3.63, 3.8) is 0 Å². The zero-order valence-electron chi connectivity index (χ0n) is 23.3. The number of H-pyrrole nitrogens is 1. The Bertz CT molecular complexity index is 1120. The SMILES string of the molecule is CC(C)(C)OC(=O)NC(=N[C@@H](Cc1c[nH]c2ccccc12)C(=O)NC1CCCCC1)NC(=O)OC(C)(C)C. The molecular weight excluding hydrogens is 486 g/mol. The third-order valence-electron chi connectivity index (χ3n) is 5.87. The van der Waals surface area contributed by atoms with Gasteiger partial charge >= 0.3 is 12.2 Å². The Morgan fingerprint density at radius 1 is 0.947 bits per heavy atom. The van der Waals surface area contributed by atoms with Gasteiger partial charge in [0.25, 0.3) is 0 Å². The summed E-state index contributed by atoms with van der Waals surface area (Å²) in [6.45, 7) is 10.3. The highest BCUT2D eigenvalue weighted by atomic mass is 16.6. The molecule has 1 aliphatic carbocycles. The first kappa shape index (κ1) is 29.0. The summed E-state index contributed by atoms with van der Waals surface area (Å²) in [5.41, 5.74) is 0.283. The minimum Gasteiger partial charge on any atom is -0.444 e. The fraction of sp³-hybridized carbons (Fsp3) is 0.571. The zero-order valence-corrected chi connectivity index (χ0v) is 23.3. The molecule has 1 heterocycles. The number of rotatable bonds is 5. The van der Waals surface area contributed by atoms with Crippen LogP contribution in [-0.4, -0.2) is 52.3 Å². The molecule has 0 spiro atoms. The number of benzene rings is 1. The van der Waals surface area contributed by atoms with Crippen molar-refractivity contribution in [1.29, 1.82) is 0 Å². The molecule has 38 heavy (non-hydrogen) atoms. The lowest BCUT2D eigenvalue weighted by Gasteiger charge is -2.25. The lowest BCUT2D eigenvalue weighted by Crippen LogP contribution is -2.49. The fourth-order valence-corrected chi connectivity index (χ4v) is 4.30. The van der Waals surface area contributed by atoms with Gasteiger partial charge in [0.05, 0.1) is 0 Å². The number of aliphatic imine (C=N–C) groups is 1. The average molecular weight is 528 g/mol. The maximum atomic E-state index is 13.5. The molecule has 0 aliphatic heterocycles. The van der Waals surface area contributed by atoms with Gasteiger partial charge in [-0.15, -0.1) is 0 Å². The van der Waals surface area contributed by atoms with E-state index in [1.54, 1.807) is 41.5 Å². The molecule has 10 heteroatoms. The highest BCUT2D eigenvalue weighted by Gasteiger charge is 2.27. The number of para-hydroxylation sites is 1. The fourth-order valence-electron chi connectivity index (χ4n) is 4.30. The van der Waals surface area contributed by atoms with Crippen LogP contribution < -0.4 is 16.0 Å². The van der Waals surface area contributed by atoms with Crippen molar-refractivity contribution in [2.24, 2.45) is 4.99 Å². The van der Waals surface area contributed by atoms with E-state index >= 15 is 0 Å². The highest BCUT2D eigenvalue weighted by molar-refractivity contribution is 6.02. The average Bonchev–Trinajstić information content (AvgIpc) is 3.19. The van der Waals surface area contributed by atoms with Crippen LogP contribution in [0.1, 0.15) is 79.2 Å². The van der Waals surface area contributed by atoms with Crippen LogP contribution in [0.15, 0.2) is 35.5 Å². The molecule has 1 aliphatic rings. The van der Waals surface area contributed by atoms with Gasteiger partial charge in [-0.2, -0.15) is 0 Å². The van der Waals surface area contributed by atoms with E-state index in [4.69, 9.17) is 9.47 Å². The van der Waals surface area contributed by atoms with Crippen LogP contribution in [0.3, 0.4) is 0 Å². The second-order valence-corrected chi connectivity index (χ2v) is 11.7. The van der Waals surface area contributed by atoms with E-state index in [0.717, 1.165) is 48.6 Å². The molecule has 4 N–H and O–H groups in total. The van der Waals surface area contributed by atoms with Crippen LogP contribution in [0, 0.1) is 0 Å². The summed E-state index contributed by atoms with van der Waals surface area (Å²) in [6, 6.07) is 6.92. The minimum atomic E-state index is -0.934. The number of nitrogens with one attached hydrogen (secondary N) is 4. The minimum absolute atomic E-state index is 0.0676. The summed E-state index contributed by atoms with van der Waals surface area (Å²) in [6.07, 6.45) is 5.58. The van der Waals surface area contributed by atoms with Gasteiger partial charge in [-0.3, -0.25) is 15.4 Å². The molecule has 10 nitrogen and oxygen atoms in total. The first-order chi connectivity index (χ1) is 17.8. The second-order valence-electron chi connectivity index (χ2n) is 11.7. The molecule has 0 radical (unpaired) electrons. The Hall–Kier alpha value is -3.56. The predicted octanol–water partition coefficient (Wildman–Crippen LogP) is 4.93. The number of carbonyl (C=O) groups is 3. The van der Waals surface area contributed by atoms with Crippen LogP contribution in [-0.2, 0) is 20.7 Å².